The monoisotopic (exact) mass is 313 g/mol. The number of aliphatic hydroxyl groups is 1. The molecule has 1 fully saturated rings. The molecule has 23 heavy (non-hydrogen) atoms. The van der Waals surface area contributed by atoms with E-state index in [1.54, 1.807) is 12.5 Å². The Labute approximate surface area is 136 Å². The molecule has 1 heterocycles. The van der Waals surface area contributed by atoms with Crippen LogP contribution in [0.25, 0.3) is 5.69 Å². The number of carbonyl (C=O) groups is 1. The third-order valence-corrected chi connectivity index (χ3v) is 4.50. The lowest BCUT2D eigenvalue weighted by molar-refractivity contribution is -0.127. The number of nitrogens with zero attached hydrogens (tertiary/aromatic N) is 2. The lowest BCUT2D eigenvalue weighted by Crippen LogP contribution is -2.38. The minimum absolute atomic E-state index is 0.0758. The van der Waals surface area contributed by atoms with Gasteiger partial charge in [-0.3, -0.25) is 4.79 Å². The van der Waals surface area contributed by atoms with Crippen LogP contribution < -0.4 is 5.32 Å². The Kier molecular flexibility index (Phi) is 4.76. The summed E-state index contributed by atoms with van der Waals surface area (Å²) in [5.41, 5.74) is 1.28. The first kappa shape index (κ1) is 15.7. The van der Waals surface area contributed by atoms with Crippen LogP contribution in [0.4, 0.5) is 0 Å². The highest BCUT2D eigenvalue weighted by Crippen LogP contribution is 2.30. The van der Waals surface area contributed by atoms with Crippen molar-refractivity contribution in [2.75, 3.05) is 0 Å². The number of imidazole rings is 1. The van der Waals surface area contributed by atoms with Gasteiger partial charge in [-0.25, -0.2) is 4.98 Å². The van der Waals surface area contributed by atoms with Crippen LogP contribution in [0.1, 0.15) is 44.1 Å². The Morgan fingerprint density at radius 1 is 1.22 bits per heavy atom. The summed E-state index contributed by atoms with van der Waals surface area (Å²) in [6.45, 7) is 0.485. The number of rotatable bonds is 5. The fraction of sp³-hybridized carbons (Fsp3) is 0.444. The molecular weight excluding hydrogens is 290 g/mol. The summed E-state index contributed by atoms with van der Waals surface area (Å²) in [5, 5.41) is 13.3. The van der Waals surface area contributed by atoms with E-state index in [9.17, 15) is 9.90 Å². The number of benzene rings is 1. The summed E-state index contributed by atoms with van der Waals surface area (Å²) in [5.74, 6) is -0.0758. The zero-order valence-electron chi connectivity index (χ0n) is 13.2. The average molecular weight is 313 g/mol. The number of aromatic nitrogens is 2. The topological polar surface area (TPSA) is 67.2 Å². The lowest BCUT2D eigenvalue weighted by atomic mass is 9.82. The SMILES string of the molecule is O=C(CC1(O)CCCCC1)NCc1ccc(-n2ccnc2)cc1. The van der Waals surface area contributed by atoms with Crippen LogP contribution in [0.2, 0.25) is 0 Å². The molecule has 0 saturated heterocycles. The van der Waals surface area contributed by atoms with E-state index in [2.05, 4.69) is 10.3 Å². The molecule has 1 amide bonds. The van der Waals surface area contributed by atoms with Gasteiger partial charge >= 0.3 is 0 Å². The van der Waals surface area contributed by atoms with Crippen LogP contribution in [0.15, 0.2) is 43.0 Å². The van der Waals surface area contributed by atoms with E-state index < -0.39 is 5.60 Å². The highest BCUT2D eigenvalue weighted by molar-refractivity contribution is 5.77. The molecule has 1 saturated carbocycles. The second-order valence-corrected chi connectivity index (χ2v) is 6.37. The van der Waals surface area contributed by atoms with E-state index in [0.717, 1.165) is 43.4 Å². The van der Waals surface area contributed by atoms with Crippen LogP contribution in [0.5, 0.6) is 0 Å². The first-order valence-corrected chi connectivity index (χ1v) is 8.21. The van der Waals surface area contributed by atoms with Gasteiger partial charge in [-0.1, -0.05) is 31.4 Å². The second kappa shape index (κ2) is 6.96. The molecule has 1 aromatic carbocycles. The van der Waals surface area contributed by atoms with Crippen molar-refractivity contribution < 1.29 is 9.90 Å². The Balaban J connectivity index is 1.51. The van der Waals surface area contributed by atoms with Crippen molar-refractivity contribution in [1.29, 1.82) is 0 Å². The molecule has 0 spiro atoms. The minimum Gasteiger partial charge on any atom is -0.389 e. The Morgan fingerprint density at radius 3 is 2.61 bits per heavy atom. The number of hydrogen-bond acceptors (Lipinski definition) is 3. The van der Waals surface area contributed by atoms with Gasteiger partial charge in [0.05, 0.1) is 18.3 Å². The van der Waals surface area contributed by atoms with Crippen LogP contribution in [0, 0.1) is 0 Å². The van der Waals surface area contributed by atoms with Crippen molar-refractivity contribution in [1.82, 2.24) is 14.9 Å². The van der Waals surface area contributed by atoms with Gasteiger partial charge in [0.1, 0.15) is 0 Å². The average Bonchev–Trinajstić information content (AvgIpc) is 3.08. The van der Waals surface area contributed by atoms with Gasteiger partial charge in [-0.15, -0.1) is 0 Å². The molecule has 0 atom stereocenters. The van der Waals surface area contributed by atoms with Crippen LogP contribution >= 0.6 is 0 Å². The zero-order chi connectivity index (χ0) is 16.1. The Hall–Kier alpha value is -2.14. The number of hydrogen-bond donors (Lipinski definition) is 2. The molecule has 5 nitrogen and oxygen atoms in total. The molecule has 2 N–H and O–H groups in total. The fourth-order valence-electron chi connectivity index (χ4n) is 3.15. The van der Waals surface area contributed by atoms with Crippen molar-refractivity contribution in [2.24, 2.45) is 0 Å². The van der Waals surface area contributed by atoms with Crippen molar-refractivity contribution in [2.45, 2.75) is 50.7 Å². The van der Waals surface area contributed by atoms with Gasteiger partial charge in [0.2, 0.25) is 5.91 Å². The maximum atomic E-state index is 12.1. The standard InChI is InChI=1S/C18H23N3O2/c22-17(12-18(23)8-2-1-3-9-18)20-13-15-4-6-16(7-5-15)21-11-10-19-14-21/h4-7,10-11,14,23H,1-3,8-9,12-13H2,(H,20,22). The van der Waals surface area contributed by atoms with Crippen LogP contribution in [-0.2, 0) is 11.3 Å². The van der Waals surface area contributed by atoms with Crippen LogP contribution in [-0.4, -0.2) is 26.2 Å². The molecule has 2 aromatic rings. The van der Waals surface area contributed by atoms with Gasteiger partial charge in [0.25, 0.3) is 0 Å². The first-order chi connectivity index (χ1) is 11.1. The van der Waals surface area contributed by atoms with Gasteiger partial charge < -0.3 is 15.0 Å². The second-order valence-electron chi connectivity index (χ2n) is 6.37. The van der Waals surface area contributed by atoms with Gasteiger partial charge in [-0.2, -0.15) is 0 Å². The quantitative estimate of drug-likeness (QED) is 0.891. The molecule has 0 radical (unpaired) electrons. The lowest BCUT2D eigenvalue weighted by Gasteiger charge is -2.31. The number of amides is 1. The molecule has 3 rings (SSSR count). The van der Waals surface area contributed by atoms with E-state index >= 15 is 0 Å². The smallest absolute Gasteiger partial charge is 0.223 e. The molecule has 1 aliphatic rings. The summed E-state index contributed by atoms with van der Waals surface area (Å²) < 4.78 is 1.93. The summed E-state index contributed by atoms with van der Waals surface area (Å²) >= 11 is 0. The molecule has 1 aromatic heterocycles. The van der Waals surface area contributed by atoms with E-state index in [1.165, 1.54) is 0 Å². The molecular formula is C18H23N3O2. The third kappa shape index (κ3) is 4.20. The molecule has 0 bridgehead atoms. The van der Waals surface area contributed by atoms with Crippen molar-refractivity contribution >= 4 is 5.91 Å². The number of carbonyl (C=O) groups excluding carboxylic acids is 1. The molecule has 0 unspecified atom stereocenters. The highest BCUT2D eigenvalue weighted by Gasteiger charge is 2.31. The summed E-state index contributed by atoms with van der Waals surface area (Å²) in [6, 6.07) is 7.98. The zero-order valence-corrected chi connectivity index (χ0v) is 13.2. The van der Waals surface area contributed by atoms with E-state index in [4.69, 9.17) is 0 Å². The fourth-order valence-corrected chi connectivity index (χ4v) is 3.15. The maximum Gasteiger partial charge on any atom is 0.223 e. The predicted octanol–water partition coefficient (Wildman–Crippen LogP) is 2.57. The van der Waals surface area contributed by atoms with Gasteiger partial charge in [0.15, 0.2) is 0 Å². The highest BCUT2D eigenvalue weighted by atomic mass is 16.3. The number of nitrogens with one attached hydrogen (secondary N) is 1. The van der Waals surface area contributed by atoms with E-state index in [1.807, 2.05) is 35.0 Å². The normalized spacial score (nSPS) is 16.9. The van der Waals surface area contributed by atoms with E-state index in [0.29, 0.717) is 6.54 Å². The van der Waals surface area contributed by atoms with Crippen molar-refractivity contribution in [3.05, 3.63) is 48.5 Å². The molecule has 5 heteroatoms. The molecule has 122 valence electrons. The van der Waals surface area contributed by atoms with E-state index in [-0.39, 0.29) is 12.3 Å². The molecule has 1 aliphatic carbocycles. The Morgan fingerprint density at radius 2 is 1.96 bits per heavy atom. The largest absolute Gasteiger partial charge is 0.389 e. The third-order valence-electron chi connectivity index (χ3n) is 4.50. The predicted molar refractivity (Wildman–Crippen MR) is 88.1 cm³/mol. The minimum atomic E-state index is -0.798. The van der Waals surface area contributed by atoms with Crippen molar-refractivity contribution in [3.63, 3.8) is 0 Å². The van der Waals surface area contributed by atoms with Crippen molar-refractivity contribution in [3.8, 4) is 5.69 Å². The summed E-state index contributed by atoms with van der Waals surface area (Å²) in [6.07, 6.45) is 10.2. The Bertz CT molecular complexity index is 629. The van der Waals surface area contributed by atoms with Gasteiger partial charge in [0, 0.05) is 24.6 Å². The first-order valence-electron chi connectivity index (χ1n) is 8.21. The summed E-state index contributed by atoms with van der Waals surface area (Å²) in [4.78, 5) is 16.1. The van der Waals surface area contributed by atoms with Gasteiger partial charge in [-0.05, 0) is 30.5 Å². The summed E-state index contributed by atoms with van der Waals surface area (Å²) in [7, 11) is 0. The molecule has 0 aliphatic heterocycles. The maximum absolute atomic E-state index is 12.1. The van der Waals surface area contributed by atoms with Crippen LogP contribution in [0.3, 0.4) is 0 Å².